The molecule has 1 aromatic rings. The standard InChI is InChI=1S/C48H82NO12P/c1-8-10-19-25-39(50)30-31-42-41(43(51)34-44(42)52)26-20-17-18-22-28-47(53)57-35-40(36-59-62(55,56)58-33-32-49(5,6)7)60-48(54)29-23-16-14-12-11-13-15-21-27-46-38(4)37(3)45(61-46)24-9-2/h17,20,30-31,39-43,50-51H,8-16,18-19,21-29,32-36H2,1-7H3/p+1/b20-17-,31-30+/t39-,40+,41+,42+,43-/m0/s1. The first-order valence-corrected chi connectivity index (χ1v) is 25.0. The van der Waals surface area contributed by atoms with Crippen LogP contribution in [0.4, 0.5) is 0 Å². The highest BCUT2D eigenvalue weighted by Gasteiger charge is 2.39. The van der Waals surface area contributed by atoms with Crippen LogP contribution in [0.2, 0.25) is 0 Å². The average molecular weight is 897 g/mol. The highest BCUT2D eigenvalue weighted by atomic mass is 31.2. The van der Waals surface area contributed by atoms with Crippen LogP contribution in [-0.2, 0) is 50.3 Å². The largest absolute Gasteiger partial charge is 0.472 e. The Morgan fingerprint density at radius 3 is 2.15 bits per heavy atom. The van der Waals surface area contributed by atoms with Crippen molar-refractivity contribution in [2.75, 3.05) is 47.5 Å². The number of esters is 2. The van der Waals surface area contributed by atoms with Gasteiger partial charge in [0.25, 0.3) is 0 Å². The van der Waals surface area contributed by atoms with Crippen molar-refractivity contribution in [3.05, 3.63) is 47.0 Å². The fraction of sp³-hybridized carbons (Fsp3) is 0.771. The van der Waals surface area contributed by atoms with Crippen LogP contribution in [0, 0.1) is 25.7 Å². The van der Waals surface area contributed by atoms with Crippen LogP contribution >= 0.6 is 7.82 Å². The van der Waals surface area contributed by atoms with Crippen LogP contribution in [0.1, 0.15) is 158 Å². The van der Waals surface area contributed by atoms with Crippen molar-refractivity contribution in [3.8, 4) is 0 Å². The number of hydrogen-bond donors (Lipinski definition) is 3. The molecule has 0 radical (unpaired) electrons. The molecular formula is C48H83NO12P+. The fourth-order valence-corrected chi connectivity index (χ4v) is 8.25. The lowest BCUT2D eigenvalue weighted by atomic mass is 9.90. The number of aliphatic hydroxyl groups excluding tert-OH is 2. The van der Waals surface area contributed by atoms with Gasteiger partial charge >= 0.3 is 19.8 Å². The molecule has 6 atom stereocenters. The second kappa shape index (κ2) is 30.5. The van der Waals surface area contributed by atoms with E-state index in [1.165, 1.54) is 11.1 Å². The number of unbranched alkanes of at least 4 members (excludes halogenated alkanes) is 10. The van der Waals surface area contributed by atoms with Crippen molar-refractivity contribution in [1.29, 1.82) is 0 Å². The lowest BCUT2D eigenvalue weighted by molar-refractivity contribution is -0.870. The third-order valence-electron chi connectivity index (χ3n) is 11.5. The molecule has 0 aliphatic heterocycles. The highest BCUT2D eigenvalue weighted by Crippen LogP contribution is 2.43. The summed E-state index contributed by atoms with van der Waals surface area (Å²) in [4.78, 5) is 48.2. The molecule has 62 heavy (non-hydrogen) atoms. The smallest absolute Gasteiger partial charge is 0.466 e. The molecule has 0 amide bonds. The maximum absolute atomic E-state index is 12.8. The Bertz CT molecular complexity index is 1550. The highest BCUT2D eigenvalue weighted by molar-refractivity contribution is 7.47. The number of quaternary nitrogens is 1. The number of ether oxygens (including phenoxy) is 2. The van der Waals surface area contributed by atoms with E-state index >= 15 is 0 Å². The van der Waals surface area contributed by atoms with Crippen LogP contribution in [0.5, 0.6) is 0 Å². The number of aliphatic hydroxyl groups is 2. The van der Waals surface area contributed by atoms with E-state index in [0.717, 1.165) is 95.0 Å². The molecule has 1 saturated carbocycles. The Labute approximate surface area is 373 Å². The van der Waals surface area contributed by atoms with Gasteiger partial charge in [0.1, 0.15) is 37.1 Å². The molecule has 13 nitrogen and oxygen atoms in total. The fourth-order valence-electron chi connectivity index (χ4n) is 7.51. The van der Waals surface area contributed by atoms with Crippen molar-refractivity contribution in [2.45, 2.75) is 181 Å². The number of likely N-dealkylation sites (N-methyl/N-ethyl adjacent to an activating group) is 1. The average Bonchev–Trinajstić information content (AvgIpc) is 3.63. The van der Waals surface area contributed by atoms with Gasteiger partial charge in [-0.2, -0.15) is 0 Å². The van der Waals surface area contributed by atoms with Gasteiger partial charge in [-0.1, -0.05) is 95.9 Å². The van der Waals surface area contributed by atoms with Gasteiger partial charge in [-0.15, -0.1) is 0 Å². The first-order valence-electron chi connectivity index (χ1n) is 23.5. The minimum atomic E-state index is -4.45. The zero-order chi connectivity index (χ0) is 46.0. The summed E-state index contributed by atoms with van der Waals surface area (Å²) in [7, 11) is 1.31. The summed E-state index contributed by atoms with van der Waals surface area (Å²) >= 11 is 0. The minimum absolute atomic E-state index is 0.0181. The number of Topliss-reactive ketones (excluding diaryl/α,β-unsaturated/α-hetero) is 1. The van der Waals surface area contributed by atoms with E-state index in [1.807, 2.05) is 33.3 Å². The lowest BCUT2D eigenvalue weighted by Crippen LogP contribution is -2.37. The molecule has 356 valence electrons. The van der Waals surface area contributed by atoms with Crippen molar-refractivity contribution < 1.29 is 61.5 Å². The quantitative estimate of drug-likeness (QED) is 0.0194. The number of carbonyl (C=O) groups excluding carboxylic acids is 3. The number of phosphoric ester groups is 1. The Balaban J connectivity index is 1.75. The summed E-state index contributed by atoms with van der Waals surface area (Å²) in [6.07, 6.45) is 21.6. The molecule has 1 aliphatic rings. The summed E-state index contributed by atoms with van der Waals surface area (Å²) in [5.41, 5.74) is 2.59. The van der Waals surface area contributed by atoms with E-state index in [0.29, 0.717) is 43.1 Å². The molecule has 0 aromatic carbocycles. The first-order chi connectivity index (χ1) is 29.5. The summed E-state index contributed by atoms with van der Waals surface area (Å²) in [6, 6.07) is 0. The minimum Gasteiger partial charge on any atom is -0.466 e. The zero-order valence-corrected chi connectivity index (χ0v) is 40.2. The molecule has 2 rings (SSSR count). The molecule has 1 fully saturated rings. The molecule has 0 saturated heterocycles. The van der Waals surface area contributed by atoms with Crippen molar-refractivity contribution in [2.24, 2.45) is 11.8 Å². The maximum Gasteiger partial charge on any atom is 0.472 e. The second-order valence-corrected chi connectivity index (χ2v) is 19.6. The van der Waals surface area contributed by atoms with E-state index < -0.39 is 50.6 Å². The van der Waals surface area contributed by atoms with Gasteiger partial charge in [0.2, 0.25) is 0 Å². The van der Waals surface area contributed by atoms with E-state index in [-0.39, 0.29) is 44.2 Å². The van der Waals surface area contributed by atoms with Gasteiger partial charge in [-0.05, 0) is 69.9 Å². The maximum atomic E-state index is 12.8. The number of furan rings is 1. The topological polar surface area (TPSA) is 179 Å². The number of rotatable bonds is 35. The molecular weight excluding hydrogens is 813 g/mol. The van der Waals surface area contributed by atoms with Crippen molar-refractivity contribution in [1.82, 2.24) is 0 Å². The Kier molecular flexibility index (Phi) is 27.3. The van der Waals surface area contributed by atoms with E-state index in [4.69, 9.17) is 22.9 Å². The number of carbonyl (C=O) groups is 3. The van der Waals surface area contributed by atoms with Crippen LogP contribution in [0.25, 0.3) is 0 Å². The number of ketones is 1. The Morgan fingerprint density at radius 1 is 0.839 bits per heavy atom. The normalized spacial score (nSPS) is 19.1. The number of nitrogens with zero attached hydrogens (tertiary/aromatic N) is 1. The molecule has 1 unspecified atom stereocenters. The van der Waals surface area contributed by atoms with Crippen molar-refractivity contribution >= 4 is 25.5 Å². The van der Waals surface area contributed by atoms with Crippen LogP contribution < -0.4 is 0 Å². The molecule has 14 heteroatoms. The van der Waals surface area contributed by atoms with Crippen LogP contribution in [-0.4, -0.2) is 103 Å². The summed E-state index contributed by atoms with van der Waals surface area (Å²) in [5.74, 6) is 0.504. The van der Waals surface area contributed by atoms with Gasteiger partial charge < -0.3 is 33.5 Å². The SMILES string of the molecule is CCCCC[C@H](O)/C=C/[C@H]1C(=O)C[C@H](O)[C@@H]1C/C=C\CCCC(=O)OC[C@H](COP(=O)(O)OCC[N+](C)(C)C)OC(=O)CCCCCCCCCCc1oc(CCC)c(C)c1C. The third-order valence-corrected chi connectivity index (χ3v) is 12.5. The number of hydrogen-bond acceptors (Lipinski definition) is 11. The second-order valence-electron chi connectivity index (χ2n) is 18.2. The number of phosphoric acid groups is 1. The molecule has 0 spiro atoms. The molecule has 1 aromatic heterocycles. The molecule has 1 heterocycles. The van der Waals surface area contributed by atoms with Gasteiger partial charge in [0, 0.05) is 43.9 Å². The van der Waals surface area contributed by atoms with E-state index in [1.54, 1.807) is 12.2 Å². The van der Waals surface area contributed by atoms with Crippen LogP contribution in [0.15, 0.2) is 28.7 Å². The predicted molar refractivity (Wildman–Crippen MR) is 242 cm³/mol. The summed E-state index contributed by atoms with van der Waals surface area (Å²) in [5, 5.41) is 20.8. The lowest BCUT2D eigenvalue weighted by Gasteiger charge is -2.24. The van der Waals surface area contributed by atoms with Gasteiger partial charge in [-0.25, -0.2) is 4.57 Å². The van der Waals surface area contributed by atoms with Gasteiger partial charge in [0.15, 0.2) is 6.10 Å². The molecule has 0 bridgehead atoms. The predicted octanol–water partition coefficient (Wildman–Crippen LogP) is 9.38. The first kappa shape index (κ1) is 55.5. The number of aryl methyl sites for hydroxylation is 2. The Hall–Kier alpha value is -2.64. The van der Waals surface area contributed by atoms with E-state index in [9.17, 15) is 34.1 Å². The summed E-state index contributed by atoms with van der Waals surface area (Å²) in [6.45, 7) is 8.21. The molecule has 1 aliphatic carbocycles. The Morgan fingerprint density at radius 2 is 1.48 bits per heavy atom. The van der Waals surface area contributed by atoms with Gasteiger partial charge in [-0.3, -0.25) is 23.4 Å². The third kappa shape index (κ3) is 23.9. The molecule has 3 N–H and O–H groups in total. The van der Waals surface area contributed by atoms with E-state index in [2.05, 4.69) is 27.7 Å². The monoisotopic (exact) mass is 897 g/mol. The zero-order valence-electron chi connectivity index (χ0n) is 39.3. The van der Waals surface area contributed by atoms with Crippen molar-refractivity contribution in [3.63, 3.8) is 0 Å². The van der Waals surface area contributed by atoms with Gasteiger partial charge in [0.05, 0.1) is 40.0 Å². The van der Waals surface area contributed by atoms with Crippen LogP contribution in [0.3, 0.4) is 0 Å². The summed E-state index contributed by atoms with van der Waals surface area (Å²) < 4.78 is 40.4. The number of allylic oxidation sites excluding steroid dienone is 3.